The number of nitrogens with one attached hydrogen (secondary N) is 1. The number of aromatic nitrogens is 2. The van der Waals surface area contributed by atoms with Gasteiger partial charge in [0.15, 0.2) is 0 Å². The van der Waals surface area contributed by atoms with Crippen LogP contribution in [0.2, 0.25) is 0 Å². The van der Waals surface area contributed by atoms with Crippen LogP contribution in [0.25, 0.3) is 11.4 Å². The maximum absolute atomic E-state index is 4.71. The molecule has 2 aromatic rings. The zero-order valence-corrected chi connectivity index (χ0v) is 11.7. The van der Waals surface area contributed by atoms with Crippen molar-refractivity contribution in [2.24, 2.45) is 0 Å². The van der Waals surface area contributed by atoms with Crippen molar-refractivity contribution in [3.63, 3.8) is 0 Å². The van der Waals surface area contributed by atoms with Gasteiger partial charge >= 0.3 is 0 Å². The zero-order chi connectivity index (χ0) is 10.8. The van der Waals surface area contributed by atoms with E-state index >= 15 is 0 Å². The number of nitrogens with zero attached hydrogens (tertiary/aromatic N) is 2. The van der Waals surface area contributed by atoms with Gasteiger partial charge in [0.05, 0.1) is 10.5 Å². The fraction of sp³-hybridized carbons (Fsp3) is 0.455. The van der Waals surface area contributed by atoms with E-state index in [1.807, 2.05) is 5.51 Å². The highest BCUT2D eigenvalue weighted by molar-refractivity contribution is 7.10. The van der Waals surface area contributed by atoms with Crippen molar-refractivity contribution in [1.29, 1.82) is 0 Å². The van der Waals surface area contributed by atoms with E-state index in [9.17, 15) is 0 Å². The third-order valence-corrected chi connectivity index (χ3v) is 4.50. The second-order valence-corrected chi connectivity index (χ2v) is 5.58. The third kappa shape index (κ3) is 2.85. The average Bonchev–Trinajstić information content (AvgIpc) is 3.01. The van der Waals surface area contributed by atoms with Crippen LogP contribution in [0, 0.1) is 0 Å². The molecule has 0 aromatic carbocycles. The Labute approximate surface area is 115 Å². The number of thiazole rings is 2. The Bertz CT molecular complexity index is 449. The van der Waals surface area contributed by atoms with E-state index < -0.39 is 0 Å². The number of hydrogen-bond acceptors (Lipinski definition) is 5. The second-order valence-electron chi connectivity index (χ2n) is 3.97. The molecular weight excluding hydrogens is 274 g/mol. The van der Waals surface area contributed by atoms with Gasteiger partial charge in [0, 0.05) is 16.7 Å². The first-order chi connectivity index (χ1) is 7.93. The molecule has 17 heavy (non-hydrogen) atoms. The van der Waals surface area contributed by atoms with Crippen LogP contribution < -0.4 is 5.32 Å². The molecule has 3 heterocycles. The van der Waals surface area contributed by atoms with Gasteiger partial charge in [-0.1, -0.05) is 0 Å². The van der Waals surface area contributed by atoms with Gasteiger partial charge < -0.3 is 5.32 Å². The SMILES string of the molecule is Cl.c1nc(-c2csc(C3CCNCC3)n2)cs1. The van der Waals surface area contributed by atoms with Crippen LogP contribution >= 0.6 is 35.1 Å². The zero-order valence-electron chi connectivity index (χ0n) is 9.26. The molecule has 0 atom stereocenters. The first kappa shape index (κ1) is 13.0. The van der Waals surface area contributed by atoms with Crippen molar-refractivity contribution >= 4 is 35.1 Å². The number of hydrogen-bond donors (Lipinski definition) is 1. The summed E-state index contributed by atoms with van der Waals surface area (Å²) in [7, 11) is 0. The lowest BCUT2D eigenvalue weighted by Gasteiger charge is -2.20. The molecule has 0 aliphatic carbocycles. The number of halogens is 1. The monoisotopic (exact) mass is 287 g/mol. The number of rotatable bonds is 2. The van der Waals surface area contributed by atoms with Crippen LogP contribution in [0.3, 0.4) is 0 Å². The lowest BCUT2D eigenvalue weighted by atomic mass is 9.99. The first-order valence-electron chi connectivity index (χ1n) is 5.48. The topological polar surface area (TPSA) is 37.8 Å². The molecule has 0 amide bonds. The average molecular weight is 288 g/mol. The van der Waals surface area contributed by atoms with Gasteiger partial charge in [-0.3, -0.25) is 0 Å². The smallest absolute Gasteiger partial charge is 0.101 e. The maximum atomic E-state index is 4.71. The van der Waals surface area contributed by atoms with E-state index in [-0.39, 0.29) is 12.4 Å². The Hall–Kier alpha value is -0.490. The maximum Gasteiger partial charge on any atom is 0.101 e. The van der Waals surface area contributed by atoms with Crippen LogP contribution in [-0.4, -0.2) is 23.1 Å². The van der Waals surface area contributed by atoms with Crippen LogP contribution in [0.4, 0.5) is 0 Å². The van der Waals surface area contributed by atoms with Gasteiger partial charge in [-0.05, 0) is 25.9 Å². The lowest BCUT2D eigenvalue weighted by Crippen LogP contribution is -2.26. The molecule has 3 nitrogen and oxygen atoms in total. The lowest BCUT2D eigenvalue weighted by molar-refractivity contribution is 0.459. The van der Waals surface area contributed by atoms with Crippen molar-refractivity contribution in [3.05, 3.63) is 21.3 Å². The largest absolute Gasteiger partial charge is 0.317 e. The summed E-state index contributed by atoms with van der Waals surface area (Å²) in [5.74, 6) is 0.652. The fourth-order valence-corrected chi connectivity index (χ4v) is 3.53. The highest BCUT2D eigenvalue weighted by Crippen LogP contribution is 2.30. The van der Waals surface area contributed by atoms with Crippen molar-refractivity contribution in [2.45, 2.75) is 18.8 Å². The minimum atomic E-state index is 0. The molecule has 0 saturated carbocycles. The van der Waals surface area contributed by atoms with E-state index in [0.717, 1.165) is 24.5 Å². The predicted octanol–water partition coefficient (Wildman–Crippen LogP) is 3.16. The Morgan fingerprint density at radius 3 is 2.71 bits per heavy atom. The summed E-state index contributed by atoms with van der Waals surface area (Å²) in [6.07, 6.45) is 2.42. The Balaban J connectivity index is 0.00000108. The molecule has 0 bridgehead atoms. The fourth-order valence-electron chi connectivity index (χ4n) is 2.00. The number of piperidine rings is 1. The van der Waals surface area contributed by atoms with E-state index in [2.05, 4.69) is 21.1 Å². The predicted molar refractivity (Wildman–Crippen MR) is 75.3 cm³/mol. The summed E-state index contributed by atoms with van der Waals surface area (Å²) < 4.78 is 0. The van der Waals surface area contributed by atoms with E-state index in [0.29, 0.717) is 5.92 Å². The second kappa shape index (κ2) is 5.91. The third-order valence-electron chi connectivity index (χ3n) is 2.91. The summed E-state index contributed by atoms with van der Waals surface area (Å²) in [4.78, 5) is 9.01. The molecule has 6 heteroatoms. The normalized spacial score (nSPS) is 16.7. The van der Waals surface area contributed by atoms with E-state index in [1.54, 1.807) is 22.7 Å². The first-order valence-corrected chi connectivity index (χ1v) is 7.30. The molecule has 0 unspecified atom stereocenters. The van der Waals surface area contributed by atoms with E-state index in [4.69, 9.17) is 4.98 Å². The molecule has 1 aliphatic heterocycles. The summed E-state index contributed by atoms with van der Waals surface area (Å²) in [6, 6.07) is 0. The Morgan fingerprint density at radius 2 is 2.00 bits per heavy atom. The Morgan fingerprint density at radius 1 is 1.18 bits per heavy atom. The molecule has 0 spiro atoms. The van der Waals surface area contributed by atoms with Crippen molar-refractivity contribution in [1.82, 2.24) is 15.3 Å². The van der Waals surface area contributed by atoms with Crippen molar-refractivity contribution in [2.75, 3.05) is 13.1 Å². The van der Waals surface area contributed by atoms with Crippen LogP contribution in [0.15, 0.2) is 16.3 Å². The Kier molecular flexibility index (Phi) is 4.50. The summed E-state index contributed by atoms with van der Waals surface area (Å²) in [5, 5.41) is 8.86. The van der Waals surface area contributed by atoms with Crippen molar-refractivity contribution in [3.8, 4) is 11.4 Å². The van der Waals surface area contributed by atoms with Crippen LogP contribution in [-0.2, 0) is 0 Å². The van der Waals surface area contributed by atoms with Gasteiger partial charge in [0.25, 0.3) is 0 Å². The summed E-state index contributed by atoms with van der Waals surface area (Å²) in [5.41, 5.74) is 3.92. The minimum absolute atomic E-state index is 0. The molecule has 0 radical (unpaired) electrons. The minimum Gasteiger partial charge on any atom is -0.317 e. The van der Waals surface area contributed by atoms with E-state index in [1.165, 1.54) is 17.8 Å². The van der Waals surface area contributed by atoms with Crippen molar-refractivity contribution < 1.29 is 0 Å². The van der Waals surface area contributed by atoms with Crippen LogP contribution in [0.1, 0.15) is 23.8 Å². The molecule has 92 valence electrons. The quantitative estimate of drug-likeness (QED) is 0.922. The molecule has 2 aromatic heterocycles. The summed E-state index contributed by atoms with van der Waals surface area (Å²) >= 11 is 3.40. The molecule has 1 N–H and O–H groups in total. The molecule has 1 fully saturated rings. The molecule has 1 saturated heterocycles. The summed E-state index contributed by atoms with van der Waals surface area (Å²) in [6.45, 7) is 2.24. The van der Waals surface area contributed by atoms with Gasteiger partial charge in [0.2, 0.25) is 0 Å². The molecule has 1 aliphatic rings. The van der Waals surface area contributed by atoms with Gasteiger partial charge in [-0.15, -0.1) is 35.1 Å². The standard InChI is InChI=1S/C11H13N3S2.ClH/c1-3-12-4-2-8(1)11-14-10(6-16-11)9-5-15-7-13-9;/h5-8,12H,1-4H2;1H. The highest BCUT2D eigenvalue weighted by atomic mass is 35.5. The van der Waals surface area contributed by atoms with Gasteiger partial charge in [-0.25, -0.2) is 9.97 Å². The molecule has 3 rings (SSSR count). The highest BCUT2D eigenvalue weighted by Gasteiger charge is 2.18. The van der Waals surface area contributed by atoms with Gasteiger partial charge in [0.1, 0.15) is 11.4 Å². The van der Waals surface area contributed by atoms with Gasteiger partial charge in [-0.2, -0.15) is 0 Å². The molecular formula is C11H14ClN3S2. The van der Waals surface area contributed by atoms with Crippen LogP contribution in [0.5, 0.6) is 0 Å².